The highest BCUT2D eigenvalue weighted by Gasteiger charge is 2.09. The highest BCUT2D eigenvalue weighted by atomic mass is 32.2. The van der Waals surface area contributed by atoms with E-state index in [2.05, 4.69) is 18.7 Å². The number of rotatable bonds is 9. The fourth-order valence-electron chi connectivity index (χ4n) is 1.63. The molecule has 0 aromatic carbocycles. The van der Waals surface area contributed by atoms with Crippen molar-refractivity contribution >= 4 is 27.0 Å². The van der Waals surface area contributed by atoms with Crippen LogP contribution in [0.1, 0.15) is 26.7 Å². The van der Waals surface area contributed by atoms with Crippen molar-refractivity contribution in [2.75, 3.05) is 31.6 Å². The maximum absolute atomic E-state index is 11.0. The van der Waals surface area contributed by atoms with Crippen LogP contribution in [0.15, 0.2) is 0 Å². The minimum absolute atomic E-state index is 0.245. The van der Waals surface area contributed by atoms with Gasteiger partial charge in [0.1, 0.15) is 9.84 Å². The van der Waals surface area contributed by atoms with Crippen LogP contribution in [0.4, 0.5) is 0 Å². The highest BCUT2D eigenvalue weighted by molar-refractivity contribution is 7.90. The fraction of sp³-hybridized carbons (Fsp3) is 0.909. The van der Waals surface area contributed by atoms with Crippen LogP contribution < -0.4 is 5.73 Å². The number of sulfone groups is 1. The molecule has 0 bridgehead atoms. The van der Waals surface area contributed by atoms with Crippen LogP contribution in [0.25, 0.3) is 0 Å². The van der Waals surface area contributed by atoms with E-state index in [0.29, 0.717) is 23.7 Å². The van der Waals surface area contributed by atoms with Gasteiger partial charge in [0.2, 0.25) is 0 Å². The molecule has 0 saturated heterocycles. The smallest absolute Gasteiger partial charge is 0.147 e. The summed E-state index contributed by atoms with van der Waals surface area (Å²) in [4.78, 5) is 2.75. The molecule has 0 aliphatic rings. The van der Waals surface area contributed by atoms with Crippen molar-refractivity contribution < 1.29 is 8.42 Å². The lowest BCUT2D eigenvalue weighted by molar-refractivity contribution is 0.251. The van der Waals surface area contributed by atoms with E-state index in [4.69, 9.17) is 18.0 Å². The largest absolute Gasteiger partial charge is 0.393 e. The zero-order chi connectivity index (χ0) is 13.5. The first-order chi connectivity index (χ1) is 7.70. The van der Waals surface area contributed by atoms with Crippen molar-refractivity contribution in [3.8, 4) is 0 Å². The second-order valence-electron chi connectivity index (χ2n) is 4.89. The molecule has 4 nitrogen and oxygen atoms in total. The first-order valence-corrected chi connectivity index (χ1v) is 8.36. The van der Waals surface area contributed by atoms with Gasteiger partial charge in [0.15, 0.2) is 0 Å². The van der Waals surface area contributed by atoms with E-state index in [1.807, 2.05) is 0 Å². The van der Waals surface area contributed by atoms with Crippen molar-refractivity contribution in [1.82, 2.24) is 4.90 Å². The molecule has 0 aliphatic carbocycles. The third kappa shape index (κ3) is 12.1. The van der Waals surface area contributed by atoms with Gasteiger partial charge in [0.25, 0.3) is 0 Å². The predicted octanol–water partition coefficient (Wildman–Crippen LogP) is 1.06. The minimum Gasteiger partial charge on any atom is -0.393 e. The standard InChI is InChI=1S/C11H24N2O2S2/c1-10(2)9-13(7-5-11(12)16)6-4-8-17(3,14)15/h10H,4-9H2,1-3H3,(H2,12,16). The van der Waals surface area contributed by atoms with Crippen LogP contribution in [-0.2, 0) is 9.84 Å². The lowest BCUT2D eigenvalue weighted by Gasteiger charge is -2.23. The van der Waals surface area contributed by atoms with Gasteiger partial charge in [-0.1, -0.05) is 26.1 Å². The Morgan fingerprint density at radius 2 is 1.94 bits per heavy atom. The molecular formula is C11H24N2O2S2. The van der Waals surface area contributed by atoms with E-state index in [-0.39, 0.29) is 5.75 Å². The highest BCUT2D eigenvalue weighted by Crippen LogP contribution is 2.02. The summed E-state index contributed by atoms with van der Waals surface area (Å²) in [5.74, 6) is 0.800. The summed E-state index contributed by atoms with van der Waals surface area (Å²) in [5.41, 5.74) is 5.48. The van der Waals surface area contributed by atoms with E-state index >= 15 is 0 Å². The van der Waals surface area contributed by atoms with Gasteiger partial charge in [-0.25, -0.2) is 8.42 Å². The number of thiocarbonyl (C=S) groups is 1. The SMILES string of the molecule is CC(C)CN(CCCS(C)(=O)=O)CCC(N)=S. The second-order valence-corrected chi connectivity index (χ2v) is 7.68. The maximum Gasteiger partial charge on any atom is 0.147 e. The number of nitrogens with zero attached hydrogens (tertiary/aromatic N) is 1. The monoisotopic (exact) mass is 280 g/mol. The molecule has 0 fully saturated rings. The average Bonchev–Trinajstić information content (AvgIpc) is 2.10. The number of hydrogen-bond donors (Lipinski definition) is 1. The molecule has 0 unspecified atom stereocenters. The molecule has 0 atom stereocenters. The first kappa shape index (κ1) is 16.8. The number of hydrogen-bond acceptors (Lipinski definition) is 4. The van der Waals surface area contributed by atoms with E-state index in [1.54, 1.807) is 0 Å². The Labute approximate surface area is 110 Å². The fourth-order valence-corrected chi connectivity index (χ4v) is 2.37. The molecule has 2 N–H and O–H groups in total. The number of nitrogens with two attached hydrogens (primary N) is 1. The zero-order valence-electron chi connectivity index (χ0n) is 11.0. The summed E-state index contributed by atoms with van der Waals surface area (Å²) in [6.45, 7) is 6.84. The van der Waals surface area contributed by atoms with Crippen LogP contribution in [0.3, 0.4) is 0 Å². The molecule has 102 valence electrons. The summed E-state index contributed by atoms with van der Waals surface area (Å²) >= 11 is 4.85. The predicted molar refractivity (Wildman–Crippen MR) is 77.0 cm³/mol. The summed E-state index contributed by atoms with van der Waals surface area (Å²) in [5, 5.41) is 0. The molecule has 17 heavy (non-hydrogen) atoms. The van der Waals surface area contributed by atoms with Crippen molar-refractivity contribution in [1.29, 1.82) is 0 Å². The van der Waals surface area contributed by atoms with Gasteiger partial charge in [-0.2, -0.15) is 0 Å². The Hall–Kier alpha value is -0.200. The van der Waals surface area contributed by atoms with E-state index in [1.165, 1.54) is 6.26 Å². The molecule has 0 aliphatic heterocycles. The van der Waals surface area contributed by atoms with E-state index in [0.717, 1.165) is 19.6 Å². The average molecular weight is 280 g/mol. The Morgan fingerprint density at radius 3 is 2.35 bits per heavy atom. The Balaban J connectivity index is 4.05. The molecule has 0 rings (SSSR count). The van der Waals surface area contributed by atoms with Crippen LogP contribution in [0, 0.1) is 5.92 Å². The van der Waals surface area contributed by atoms with Gasteiger partial charge in [-0.15, -0.1) is 0 Å². The lowest BCUT2D eigenvalue weighted by Crippen LogP contribution is -2.32. The Bertz CT molecular complexity index is 326. The molecule has 0 heterocycles. The Kier molecular flexibility index (Phi) is 7.91. The third-order valence-corrected chi connectivity index (χ3v) is 3.52. The molecule has 6 heteroatoms. The Morgan fingerprint density at radius 1 is 1.35 bits per heavy atom. The molecule has 0 aromatic rings. The van der Waals surface area contributed by atoms with Crippen molar-refractivity contribution in [3.63, 3.8) is 0 Å². The zero-order valence-corrected chi connectivity index (χ0v) is 12.6. The first-order valence-electron chi connectivity index (χ1n) is 5.89. The van der Waals surface area contributed by atoms with Crippen LogP contribution in [-0.4, -0.2) is 49.9 Å². The van der Waals surface area contributed by atoms with Crippen molar-refractivity contribution in [2.24, 2.45) is 11.7 Å². The van der Waals surface area contributed by atoms with Gasteiger partial charge < -0.3 is 10.6 Å². The van der Waals surface area contributed by atoms with E-state index < -0.39 is 9.84 Å². The van der Waals surface area contributed by atoms with Gasteiger partial charge in [-0.05, 0) is 18.9 Å². The normalized spacial score (nSPS) is 12.3. The summed E-state index contributed by atoms with van der Waals surface area (Å²) in [7, 11) is -2.86. The molecule has 0 aromatic heterocycles. The second kappa shape index (κ2) is 8.00. The van der Waals surface area contributed by atoms with Crippen molar-refractivity contribution in [2.45, 2.75) is 26.7 Å². The summed E-state index contributed by atoms with van der Waals surface area (Å²) in [6.07, 6.45) is 2.64. The summed E-state index contributed by atoms with van der Waals surface area (Å²) in [6, 6.07) is 0. The van der Waals surface area contributed by atoms with Crippen molar-refractivity contribution in [3.05, 3.63) is 0 Å². The third-order valence-electron chi connectivity index (χ3n) is 2.29. The van der Waals surface area contributed by atoms with Crippen LogP contribution in [0.2, 0.25) is 0 Å². The topological polar surface area (TPSA) is 63.4 Å². The van der Waals surface area contributed by atoms with E-state index in [9.17, 15) is 8.42 Å². The summed E-state index contributed by atoms with van der Waals surface area (Å²) < 4.78 is 22.1. The molecular weight excluding hydrogens is 256 g/mol. The maximum atomic E-state index is 11.0. The quantitative estimate of drug-likeness (QED) is 0.640. The van der Waals surface area contributed by atoms with Crippen LogP contribution in [0.5, 0.6) is 0 Å². The molecule has 0 radical (unpaired) electrons. The molecule has 0 saturated carbocycles. The molecule has 0 spiro atoms. The minimum atomic E-state index is -2.86. The van der Waals surface area contributed by atoms with Gasteiger partial charge in [0, 0.05) is 25.8 Å². The van der Waals surface area contributed by atoms with Gasteiger partial charge in [0.05, 0.1) is 10.7 Å². The van der Waals surface area contributed by atoms with Gasteiger partial charge >= 0.3 is 0 Å². The van der Waals surface area contributed by atoms with Gasteiger partial charge in [-0.3, -0.25) is 0 Å². The van der Waals surface area contributed by atoms with Crippen LogP contribution >= 0.6 is 12.2 Å². The molecule has 0 amide bonds. The lowest BCUT2D eigenvalue weighted by atomic mass is 10.2.